The molecule has 8 heteroatoms. The second kappa shape index (κ2) is 7.58. The molecule has 0 aliphatic carbocycles. The van der Waals surface area contributed by atoms with Crippen molar-refractivity contribution in [3.63, 3.8) is 0 Å². The minimum atomic E-state index is 0.124. The predicted molar refractivity (Wildman–Crippen MR) is 105 cm³/mol. The number of nitrogens with zero attached hydrogens (tertiary/aromatic N) is 4. The van der Waals surface area contributed by atoms with Gasteiger partial charge in [-0.2, -0.15) is 0 Å². The van der Waals surface area contributed by atoms with Crippen LogP contribution < -0.4 is 4.90 Å². The third kappa shape index (κ3) is 3.48. The minimum Gasteiger partial charge on any atom is -0.378 e. The lowest BCUT2D eigenvalue weighted by molar-refractivity contribution is 0.0409. The number of piperidine rings is 1. The quantitative estimate of drug-likeness (QED) is 0.784. The fraction of sp³-hybridized carbons (Fsp3) is 0.556. The van der Waals surface area contributed by atoms with Crippen LogP contribution in [0, 0.1) is 0 Å². The van der Waals surface area contributed by atoms with Crippen molar-refractivity contribution in [3.8, 4) is 0 Å². The van der Waals surface area contributed by atoms with Gasteiger partial charge in [-0.3, -0.25) is 0 Å². The Morgan fingerprint density at radius 2 is 2.00 bits per heavy atom. The van der Waals surface area contributed by atoms with Crippen LogP contribution in [0.5, 0.6) is 0 Å². The number of urea groups is 1. The van der Waals surface area contributed by atoms with Crippen LogP contribution in [0.1, 0.15) is 12.8 Å². The summed E-state index contributed by atoms with van der Waals surface area (Å²) in [6, 6.07) is 6.30. The van der Waals surface area contributed by atoms with Gasteiger partial charge in [0.15, 0.2) is 5.13 Å². The van der Waals surface area contributed by atoms with Gasteiger partial charge in [-0.05, 0) is 25.0 Å². The van der Waals surface area contributed by atoms with Crippen molar-refractivity contribution in [2.45, 2.75) is 18.9 Å². The highest BCUT2D eigenvalue weighted by Crippen LogP contribution is 2.34. The van der Waals surface area contributed by atoms with Gasteiger partial charge in [0.1, 0.15) is 5.52 Å². The Balaban J connectivity index is 1.38. The van der Waals surface area contributed by atoms with E-state index in [0.717, 1.165) is 41.3 Å². The highest BCUT2D eigenvalue weighted by molar-refractivity contribution is 7.22. The zero-order valence-corrected chi connectivity index (χ0v) is 16.4. The zero-order chi connectivity index (χ0) is 18.1. The molecule has 0 unspecified atom stereocenters. The first-order chi connectivity index (χ1) is 12.6. The molecule has 0 spiro atoms. The first-order valence-corrected chi connectivity index (χ1v) is 10.2. The molecule has 0 saturated carbocycles. The summed E-state index contributed by atoms with van der Waals surface area (Å²) in [5, 5.41) is 1.73. The number of carbonyl (C=O) groups excluding carboxylic acids is 1. The van der Waals surface area contributed by atoms with E-state index in [1.807, 2.05) is 29.0 Å². The second-order valence-corrected chi connectivity index (χ2v) is 8.21. The number of morpholine rings is 1. The Bertz CT molecular complexity index is 785. The number of halogens is 1. The van der Waals surface area contributed by atoms with Crippen LogP contribution in [0.3, 0.4) is 0 Å². The van der Waals surface area contributed by atoms with E-state index in [1.54, 1.807) is 11.3 Å². The van der Waals surface area contributed by atoms with E-state index in [-0.39, 0.29) is 12.1 Å². The Morgan fingerprint density at radius 1 is 1.27 bits per heavy atom. The number of amides is 2. The molecule has 2 aromatic rings. The molecule has 0 atom stereocenters. The normalized spacial score (nSPS) is 19.2. The maximum atomic E-state index is 12.7. The molecule has 4 rings (SSSR count). The molecule has 0 radical (unpaired) electrons. The highest BCUT2D eigenvalue weighted by Gasteiger charge is 2.29. The first kappa shape index (κ1) is 17.8. The molecule has 2 amide bonds. The van der Waals surface area contributed by atoms with Crippen molar-refractivity contribution < 1.29 is 9.53 Å². The SMILES string of the molecule is CN(C(=O)N1CCOCC1)C1CCN(c2nc3c(Cl)cccc3s2)CC1. The van der Waals surface area contributed by atoms with E-state index in [4.69, 9.17) is 21.3 Å². The van der Waals surface area contributed by atoms with Gasteiger partial charge in [0.25, 0.3) is 0 Å². The molecule has 6 nitrogen and oxygen atoms in total. The van der Waals surface area contributed by atoms with Crippen LogP contribution in [0.15, 0.2) is 18.2 Å². The van der Waals surface area contributed by atoms with E-state index in [9.17, 15) is 4.79 Å². The number of benzene rings is 1. The van der Waals surface area contributed by atoms with E-state index in [0.29, 0.717) is 31.3 Å². The molecule has 1 aromatic heterocycles. The van der Waals surface area contributed by atoms with E-state index < -0.39 is 0 Å². The summed E-state index contributed by atoms with van der Waals surface area (Å²) in [7, 11) is 1.93. The highest BCUT2D eigenvalue weighted by atomic mass is 35.5. The number of aromatic nitrogens is 1. The van der Waals surface area contributed by atoms with Crippen molar-refractivity contribution in [1.82, 2.24) is 14.8 Å². The first-order valence-electron chi connectivity index (χ1n) is 9.03. The van der Waals surface area contributed by atoms with Crippen LogP contribution in [0.2, 0.25) is 5.02 Å². The second-order valence-electron chi connectivity index (χ2n) is 6.79. The number of hydrogen-bond acceptors (Lipinski definition) is 5. The molecule has 1 aromatic carbocycles. The van der Waals surface area contributed by atoms with Gasteiger partial charge in [-0.15, -0.1) is 0 Å². The average molecular weight is 395 g/mol. The largest absolute Gasteiger partial charge is 0.378 e. The molecule has 26 heavy (non-hydrogen) atoms. The number of hydrogen-bond donors (Lipinski definition) is 0. The van der Waals surface area contributed by atoms with Crippen LogP contribution in [-0.2, 0) is 4.74 Å². The molecule has 140 valence electrons. The summed E-state index contributed by atoms with van der Waals surface area (Å²) >= 11 is 7.93. The van der Waals surface area contributed by atoms with Gasteiger partial charge in [-0.1, -0.05) is 29.0 Å². The van der Waals surface area contributed by atoms with Crippen molar-refractivity contribution in [2.75, 3.05) is 51.3 Å². The molecule has 0 bridgehead atoms. The van der Waals surface area contributed by atoms with Crippen LogP contribution in [0.25, 0.3) is 10.2 Å². The fourth-order valence-electron chi connectivity index (χ4n) is 3.62. The monoisotopic (exact) mass is 394 g/mol. The van der Waals surface area contributed by atoms with Gasteiger partial charge in [0, 0.05) is 39.3 Å². The molecule has 3 heterocycles. The van der Waals surface area contributed by atoms with Crippen molar-refractivity contribution in [3.05, 3.63) is 23.2 Å². The lowest BCUT2D eigenvalue weighted by Crippen LogP contribution is -2.52. The Labute approximate surface area is 162 Å². The van der Waals surface area contributed by atoms with Crippen LogP contribution >= 0.6 is 22.9 Å². The molecular formula is C18H23ClN4O2S. The van der Waals surface area contributed by atoms with Gasteiger partial charge in [0.05, 0.1) is 22.9 Å². The van der Waals surface area contributed by atoms with Crippen LogP contribution in [-0.4, -0.2) is 73.3 Å². The van der Waals surface area contributed by atoms with E-state index in [2.05, 4.69) is 11.0 Å². The maximum absolute atomic E-state index is 12.7. The smallest absolute Gasteiger partial charge is 0.320 e. The number of fused-ring (bicyclic) bond motifs is 1. The lowest BCUT2D eigenvalue weighted by Gasteiger charge is -2.39. The third-order valence-corrected chi connectivity index (χ3v) is 6.61. The molecule has 2 fully saturated rings. The number of thiazole rings is 1. The fourth-order valence-corrected chi connectivity index (χ4v) is 4.93. The Kier molecular flexibility index (Phi) is 5.20. The van der Waals surface area contributed by atoms with Crippen molar-refractivity contribution in [2.24, 2.45) is 0 Å². The third-order valence-electron chi connectivity index (χ3n) is 5.22. The summed E-state index contributed by atoms with van der Waals surface area (Å²) in [5.74, 6) is 0. The van der Waals surface area contributed by atoms with Crippen molar-refractivity contribution in [1.29, 1.82) is 0 Å². The zero-order valence-electron chi connectivity index (χ0n) is 14.9. The number of anilines is 1. The van der Waals surface area contributed by atoms with E-state index >= 15 is 0 Å². The van der Waals surface area contributed by atoms with Gasteiger partial charge in [0.2, 0.25) is 0 Å². The lowest BCUT2D eigenvalue weighted by atomic mass is 10.0. The van der Waals surface area contributed by atoms with Crippen LogP contribution in [0.4, 0.5) is 9.93 Å². The summed E-state index contributed by atoms with van der Waals surface area (Å²) in [5.41, 5.74) is 0.885. The molecule has 2 saturated heterocycles. The van der Waals surface area contributed by atoms with Gasteiger partial charge < -0.3 is 19.4 Å². The average Bonchev–Trinajstić information content (AvgIpc) is 3.13. The standard InChI is InChI=1S/C18H23ClN4O2S/c1-21(18(24)23-9-11-25-12-10-23)13-5-7-22(8-6-13)17-20-16-14(19)3-2-4-15(16)26-17/h2-4,13H,5-12H2,1H3. The van der Waals surface area contributed by atoms with Gasteiger partial charge >= 0.3 is 6.03 Å². The predicted octanol–water partition coefficient (Wildman–Crippen LogP) is 3.30. The number of ether oxygens (including phenoxy) is 1. The molecular weight excluding hydrogens is 372 g/mol. The molecule has 2 aliphatic rings. The van der Waals surface area contributed by atoms with E-state index in [1.165, 1.54) is 0 Å². The maximum Gasteiger partial charge on any atom is 0.320 e. The van der Waals surface area contributed by atoms with Gasteiger partial charge in [-0.25, -0.2) is 9.78 Å². The summed E-state index contributed by atoms with van der Waals surface area (Å²) < 4.78 is 6.46. The molecule has 2 aliphatic heterocycles. The number of rotatable bonds is 2. The summed E-state index contributed by atoms with van der Waals surface area (Å²) in [6.45, 7) is 4.46. The number of carbonyl (C=O) groups is 1. The Morgan fingerprint density at radius 3 is 2.69 bits per heavy atom. The number of para-hydroxylation sites is 1. The molecule has 0 N–H and O–H groups in total. The Hall–Kier alpha value is -1.57. The van der Waals surface area contributed by atoms with Crippen molar-refractivity contribution >= 4 is 44.3 Å². The topological polar surface area (TPSA) is 48.9 Å². The summed E-state index contributed by atoms with van der Waals surface area (Å²) in [6.07, 6.45) is 1.91. The minimum absolute atomic E-state index is 0.124. The summed E-state index contributed by atoms with van der Waals surface area (Å²) in [4.78, 5) is 23.5.